The van der Waals surface area contributed by atoms with Crippen LogP contribution in [0.5, 0.6) is 0 Å². The van der Waals surface area contributed by atoms with Crippen molar-refractivity contribution in [1.82, 2.24) is 10.6 Å². The zero-order chi connectivity index (χ0) is 22.5. The van der Waals surface area contributed by atoms with E-state index in [0.717, 1.165) is 21.7 Å². The lowest BCUT2D eigenvalue weighted by molar-refractivity contribution is 0.0967. The standard InChI is InChI=1S/C24H23Cl2N3OS/c1-14-4-6-16(7-5-14)21(13-20(27)17-10-18(25)12-19(26)11-17)29-15(2)22-8-9-23(31-22)24(30)28-3/h4-13,15,27,29H,1-3H3,(H,28,30)/b21-13-,27-20?. The Morgan fingerprint density at radius 3 is 2.29 bits per heavy atom. The van der Waals surface area contributed by atoms with Gasteiger partial charge in [0.2, 0.25) is 0 Å². The van der Waals surface area contributed by atoms with Crippen LogP contribution in [0.3, 0.4) is 0 Å². The van der Waals surface area contributed by atoms with E-state index in [1.165, 1.54) is 11.3 Å². The van der Waals surface area contributed by atoms with Crippen molar-refractivity contribution in [2.24, 2.45) is 0 Å². The van der Waals surface area contributed by atoms with Gasteiger partial charge in [-0.1, -0.05) is 53.0 Å². The van der Waals surface area contributed by atoms with Gasteiger partial charge in [-0.3, -0.25) is 4.79 Å². The van der Waals surface area contributed by atoms with Gasteiger partial charge >= 0.3 is 0 Å². The van der Waals surface area contributed by atoms with Gasteiger partial charge in [0, 0.05) is 33.2 Å². The van der Waals surface area contributed by atoms with Crippen molar-refractivity contribution in [3.63, 3.8) is 0 Å². The smallest absolute Gasteiger partial charge is 0.261 e. The second-order valence-corrected chi connectivity index (χ2v) is 9.13. The van der Waals surface area contributed by atoms with E-state index in [1.54, 1.807) is 31.3 Å². The first-order valence-electron chi connectivity index (χ1n) is 9.69. The summed E-state index contributed by atoms with van der Waals surface area (Å²) in [4.78, 5) is 13.6. The topological polar surface area (TPSA) is 65.0 Å². The summed E-state index contributed by atoms with van der Waals surface area (Å²) in [5.41, 5.74) is 3.83. The molecule has 2 aromatic carbocycles. The number of carbonyl (C=O) groups is 1. The fraction of sp³-hybridized carbons (Fsp3) is 0.167. The van der Waals surface area contributed by atoms with Gasteiger partial charge in [0.15, 0.2) is 0 Å². The molecule has 0 fully saturated rings. The van der Waals surface area contributed by atoms with Gasteiger partial charge in [0.05, 0.1) is 16.6 Å². The summed E-state index contributed by atoms with van der Waals surface area (Å²) in [6.07, 6.45) is 1.77. The van der Waals surface area contributed by atoms with E-state index in [0.29, 0.717) is 20.5 Å². The number of carbonyl (C=O) groups excluding carboxylic acids is 1. The normalized spacial score (nSPS) is 12.4. The Kier molecular flexibility index (Phi) is 7.55. The number of benzene rings is 2. The highest BCUT2D eigenvalue weighted by atomic mass is 35.5. The van der Waals surface area contributed by atoms with Crippen molar-refractivity contribution in [3.8, 4) is 0 Å². The SMILES string of the molecule is CNC(=O)c1ccc(C(C)N/C(=C\C(=N)c2cc(Cl)cc(Cl)c2)c2ccc(C)cc2)s1. The molecule has 31 heavy (non-hydrogen) atoms. The molecule has 4 nitrogen and oxygen atoms in total. The summed E-state index contributed by atoms with van der Waals surface area (Å²) in [7, 11) is 1.62. The average molecular weight is 472 g/mol. The van der Waals surface area contributed by atoms with E-state index in [4.69, 9.17) is 28.6 Å². The number of rotatable bonds is 7. The fourth-order valence-electron chi connectivity index (χ4n) is 3.01. The highest BCUT2D eigenvalue weighted by Crippen LogP contribution is 2.27. The molecular formula is C24H23Cl2N3OS. The lowest BCUT2D eigenvalue weighted by Crippen LogP contribution is -2.18. The summed E-state index contributed by atoms with van der Waals surface area (Å²) < 4.78 is 0. The van der Waals surface area contributed by atoms with Crippen LogP contribution in [0.2, 0.25) is 10.0 Å². The Morgan fingerprint density at radius 1 is 1.03 bits per heavy atom. The van der Waals surface area contributed by atoms with Crippen LogP contribution in [0.25, 0.3) is 5.70 Å². The third-order valence-corrected chi connectivity index (χ3v) is 6.40. The van der Waals surface area contributed by atoms with Crippen molar-refractivity contribution in [1.29, 1.82) is 5.41 Å². The second-order valence-electron chi connectivity index (χ2n) is 7.14. The molecule has 0 aliphatic rings. The maximum absolute atomic E-state index is 11.9. The van der Waals surface area contributed by atoms with E-state index in [2.05, 4.69) is 10.6 Å². The van der Waals surface area contributed by atoms with Gasteiger partial charge in [0.1, 0.15) is 0 Å². The first kappa shape index (κ1) is 23.1. The molecule has 3 N–H and O–H groups in total. The minimum atomic E-state index is -0.0997. The van der Waals surface area contributed by atoms with Gasteiger partial charge < -0.3 is 16.0 Å². The quantitative estimate of drug-likeness (QED) is 0.345. The zero-order valence-electron chi connectivity index (χ0n) is 17.4. The van der Waals surface area contributed by atoms with E-state index in [-0.39, 0.29) is 17.7 Å². The zero-order valence-corrected chi connectivity index (χ0v) is 19.8. The number of hydrogen-bond acceptors (Lipinski definition) is 4. The average Bonchev–Trinajstić information content (AvgIpc) is 3.23. The van der Waals surface area contributed by atoms with E-state index in [1.807, 2.05) is 50.2 Å². The largest absolute Gasteiger partial charge is 0.377 e. The molecule has 1 amide bonds. The number of allylic oxidation sites excluding steroid dienone is 1. The maximum Gasteiger partial charge on any atom is 0.261 e. The molecule has 0 saturated carbocycles. The lowest BCUT2D eigenvalue weighted by Gasteiger charge is -2.18. The molecule has 3 rings (SSSR count). The second kappa shape index (κ2) is 10.1. The Balaban J connectivity index is 1.93. The molecule has 160 valence electrons. The van der Waals surface area contributed by atoms with Crippen LogP contribution in [0, 0.1) is 12.3 Å². The van der Waals surface area contributed by atoms with E-state index >= 15 is 0 Å². The minimum absolute atomic E-state index is 0.0632. The number of hydrogen-bond donors (Lipinski definition) is 3. The predicted molar refractivity (Wildman–Crippen MR) is 132 cm³/mol. The van der Waals surface area contributed by atoms with Gasteiger partial charge in [-0.15, -0.1) is 11.3 Å². The van der Waals surface area contributed by atoms with Crippen molar-refractivity contribution in [2.75, 3.05) is 7.05 Å². The van der Waals surface area contributed by atoms with Crippen molar-refractivity contribution >= 4 is 51.9 Å². The highest BCUT2D eigenvalue weighted by molar-refractivity contribution is 7.14. The molecule has 0 bridgehead atoms. The number of amides is 1. The first-order chi connectivity index (χ1) is 14.8. The van der Waals surface area contributed by atoms with Gasteiger partial charge in [0.25, 0.3) is 5.91 Å². The number of aryl methyl sites for hydroxylation is 1. The van der Waals surface area contributed by atoms with E-state index in [9.17, 15) is 4.79 Å². The van der Waals surface area contributed by atoms with Crippen LogP contribution in [0.1, 0.15) is 44.2 Å². The van der Waals surface area contributed by atoms with Crippen LogP contribution < -0.4 is 10.6 Å². The molecule has 0 aliphatic heterocycles. The summed E-state index contributed by atoms with van der Waals surface area (Å²) in [6, 6.07) is 16.9. The summed E-state index contributed by atoms with van der Waals surface area (Å²) in [5, 5.41) is 15.7. The monoisotopic (exact) mass is 471 g/mol. The molecule has 0 radical (unpaired) electrons. The van der Waals surface area contributed by atoms with Crippen LogP contribution in [0.15, 0.2) is 60.7 Å². The lowest BCUT2D eigenvalue weighted by atomic mass is 10.0. The third-order valence-electron chi connectivity index (χ3n) is 4.70. The summed E-state index contributed by atoms with van der Waals surface area (Å²) >= 11 is 13.7. The molecule has 7 heteroatoms. The maximum atomic E-state index is 11.9. The van der Waals surface area contributed by atoms with Crippen molar-refractivity contribution < 1.29 is 4.79 Å². The van der Waals surface area contributed by atoms with E-state index < -0.39 is 0 Å². The molecule has 1 heterocycles. The Hall–Kier alpha value is -2.60. The fourth-order valence-corrected chi connectivity index (χ4v) is 4.50. The van der Waals surface area contributed by atoms with Gasteiger partial charge in [-0.2, -0.15) is 0 Å². The van der Waals surface area contributed by atoms with Crippen LogP contribution >= 0.6 is 34.5 Å². The Labute approximate surface area is 196 Å². The van der Waals surface area contributed by atoms with Crippen LogP contribution in [0.4, 0.5) is 0 Å². The van der Waals surface area contributed by atoms with Crippen LogP contribution in [-0.2, 0) is 0 Å². The third kappa shape index (κ3) is 5.97. The number of halogens is 2. The summed E-state index contributed by atoms with van der Waals surface area (Å²) in [5.74, 6) is -0.0997. The first-order valence-corrected chi connectivity index (χ1v) is 11.3. The molecule has 0 spiro atoms. The molecular weight excluding hydrogens is 449 g/mol. The Morgan fingerprint density at radius 2 is 1.68 bits per heavy atom. The van der Waals surface area contributed by atoms with Crippen LogP contribution in [-0.4, -0.2) is 18.7 Å². The van der Waals surface area contributed by atoms with Gasteiger partial charge in [-0.25, -0.2) is 0 Å². The molecule has 0 aliphatic carbocycles. The molecule has 1 aromatic heterocycles. The molecule has 3 aromatic rings. The van der Waals surface area contributed by atoms with Crippen molar-refractivity contribution in [3.05, 3.63) is 97.2 Å². The molecule has 1 unspecified atom stereocenters. The van der Waals surface area contributed by atoms with Gasteiger partial charge in [-0.05, 0) is 55.8 Å². The summed E-state index contributed by atoms with van der Waals surface area (Å²) in [6.45, 7) is 4.06. The Bertz CT molecular complexity index is 1120. The molecule has 0 saturated heterocycles. The highest BCUT2D eigenvalue weighted by Gasteiger charge is 2.15. The number of thiophene rings is 1. The minimum Gasteiger partial charge on any atom is -0.377 e. The molecule has 1 atom stereocenters. The predicted octanol–water partition coefficient (Wildman–Crippen LogP) is 6.48. The number of nitrogens with one attached hydrogen (secondary N) is 3. The van der Waals surface area contributed by atoms with Crippen molar-refractivity contribution in [2.45, 2.75) is 19.9 Å².